The minimum absolute atomic E-state index is 0.0863. The maximum Gasteiger partial charge on any atom is 0.303 e. The smallest absolute Gasteiger partial charge is 0.303 e. The van der Waals surface area contributed by atoms with E-state index in [2.05, 4.69) is 10.6 Å². The molecule has 0 radical (unpaired) electrons. The third kappa shape index (κ3) is 3.90. The molecule has 38 heavy (non-hydrogen) atoms. The second-order valence-corrected chi connectivity index (χ2v) is 10.3. The van der Waals surface area contributed by atoms with Gasteiger partial charge in [-0.1, -0.05) is 23.7 Å². The molecule has 0 saturated carbocycles. The van der Waals surface area contributed by atoms with Crippen LogP contribution in [0.1, 0.15) is 29.5 Å². The van der Waals surface area contributed by atoms with E-state index >= 15 is 0 Å². The number of likely N-dealkylation sites (tertiary alicyclic amines) is 1. The van der Waals surface area contributed by atoms with Crippen LogP contribution < -0.4 is 20.1 Å². The molecule has 3 N–H and O–H groups in total. The summed E-state index contributed by atoms with van der Waals surface area (Å²) in [7, 11) is 3.06. The van der Waals surface area contributed by atoms with Crippen molar-refractivity contribution in [3.63, 3.8) is 0 Å². The van der Waals surface area contributed by atoms with Gasteiger partial charge in [-0.3, -0.25) is 29.4 Å². The van der Waals surface area contributed by atoms with Crippen molar-refractivity contribution >= 4 is 41.0 Å². The average molecular weight is 542 g/mol. The van der Waals surface area contributed by atoms with Crippen molar-refractivity contribution in [2.45, 2.75) is 37.8 Å². The van der Waals surface area contributed by atoms with Gasteiger partial charge < -0.3 is 19.9 Å². The first-order valence-corrected chi connectivity index (χ1v) is 12.7. The fourth-order valence-corrected chi connectivity index (χ4v) is 6.40. The minimum atomic E-state index is -1.52. The largest absolute Gasteiger partial charge is 0.493 e. The Labute approximate surface area is 224 Å². The molecule has 3 heterocycles. The summed E-state index contributed by atoms with van der Waals surface area (Å²) in [5.41, 5.74) is 1.00. The molecule has 10 nitrogen and oxygen atoms in total. The van der Waals surface area contributed by atoms with Gasteiger partial charge in [0.15, 0.2) is 11.5 Å². The zero-order chi connectivity index (χ0) is 27.4. The summed E-state index contributed by atoms with van der Waals surface area (Å²) < 4.78 is 10.6. The molecule has 3 aliphatic rings. The van der Waals surface area contributed by atoms with Gasteiger partial charge in [0.05, 0.1) is 36.8 Å². The van der Waals surface area contributed by atoms with E-state index in [0.29, 0.717) is 34.2 Å². The molecule has 2 aromatic carbocycles. The van der Waals surface area contributed by atoms with E-state index in [1.54, 1.807) is 24.3 Å². The van der Waals surface area contributed by atoms with Crippen LogP contribution in [0.2, 0.25) is 5.02 Å². The maximum absolute atomic E-state index is 13.9. The number of anilines is 1. The summed E-state index contributed by atoms with van der Waals surface area (Å²) in [6.07, 6.45) is 0.237. The molecule has 3 amide bonds. The molecule has 3 aliphatic heterocycles. The normalized spacial score (nSPS) is 25.5. The first kappa shape index (κ1) is 26.0. The Morgan fingerprint density at radius 1 is 1.11 bits per heavy atom. The van der Waals surface area contributed by atoms with Crippen LogP contribution in [-0.4, -0.2) is 60.5 Å². The molecule has 0 bridgehead atoms. The molecular formula is C27H28ClN3O7. The Morgan fingerprint density at radius 3 is 2.53 bits per heavy atom. The Balaban J connectivity index is 1.50. The highest BCUT2D eigenvalue weighted by molar-refractivity contribution is 6.35. The fraction of sp³-hybridized carbons (Fsp3) is 0.407. The molecule has 2 aromatic rings. The summed E-state index contributed by atoms with van der Waals surface area (Å²) >= 11 is 6.44. The van der Waals surface area contributed by atoms with Crippen molar-refractivity contribution in [2.24, 2.45) is 11.8 Å². The van der Waals surface area contributed by atoms with E-state index < -0.39 is 47.1 Å². The number of imide groups is 1. The van der Waals surface area contributed by atoms with Crippen molar-refractivity contribution in [1.82, 2.24) is 10.2 Å². The highest BCUT2D eigenvalue weighted by atomic mass is 35.5. The number of carboxylic acid groups (broad SMARTS) is 1. The second-order valence-electron chi connectivity index (χ2n) is 9.89. The first-order valence-electron chi connectivity index (χ1n) is 12.3. The molecule has 200 valence electrons. The van der Waals surface area contributed by atoms with Gasteiger partial charge in [-0.2, -0.15) is 0 Å². The number of nitrogens with zero attached hydrogens (tertiary/aromatic N) is 1. The van der Waals surface area contributed by atoms with E-state index in [9.17, 15) is 24.3 Å². The minimum Gasteiger partial charge on any atom is -0.493 e. The molecular weight excluding hydrogens is 514 g/mol. The first-order chi connectivity index (χ1) is 18.1. The Morgan fingerprint density at radius 2 is 1.84 bits per heavy atom. The average Bonchev–Trinajstić information content (AvgIpc) is 3.46. The quantitative estimate of drug-likeness (QED) is 0.434. The number of amides is 3. The van der Waals surface area contributed by atoms with E-state index in [4.69, 9.17) is 21.1 Å². The van der Waals surface area contributed by atoms with Gasteiger partial charge in [-0.15, -0.1) is 0 Å². The van der Waals surface area contributed by atoms with E-state index in [0.717, 1.165) is 11.1 Å². The number of rotatable bonds is 8. The Bertz CT molecular complexity index is 1360. The van der Waals surface area contributed by atoms with E-state index in [1.807, 2.05) is 13.0 Å². The molecule has 2 fully saturated rings. The Kier molecular flexibility index (Phi) is 6.56. The van der Waals surface area contributed by atoms with Crippen LogP contribution in [0, 0.1) is 18.8 Å². The fourth-order valence-electron chi connectivity index (χ4n) is 6.08. The molecule has 11 heteroatoms. The zero-order valence-corrected chi connectivity index (χ0v) is 21.9. The van der Waals surface area contributed by atoms with Gasteiger partial charge in [0, 0.05) is 24.6 Å². The SMILES string of the molecule is COc1ccc(CCN2C(=O)[C@@H]3[C@H](CCC(=O)O)N[C@]4(C(=O)Nc5c(Cl)cc(C)cc54)[C@H]3C2=O)cc1OC. The monoisotopic (exact) mass is 541 g/mol. The van der Waals surface area contributed by atoms with Crippen LogP contribution in [0.4, 0.5) is 5.69 Å². The lowest BCUT2D eigenvalue weighted by atomic mass is 9.76. The number of carbonyl (C=O) groups excluding carboxylic acids is 3. The highest BCUT2D eigenvalue weighted by Crippen LogP contribution is 2.55. The molecule has 1 spiro atoms. The van der Waals surface area contributed by atoms with Gasteiger partial charge in [0.2, 0.25) is 17.7 Å². The number of aryl methyl sites for hydroxylation is 1. The van der Waals surface area contributed by atoms with Crippen LogP contribution in [-0.2, 0) is 31.1 Å². The summed E-state index contributed by atoms with van der Waals surface area (Å²) in [4.78, 5) is 53.7. The number of hydrogen-bond acceptors (Lipinski definition) is 7. The number of carboxylic acids is 1. The van der Waals surface area contributed by atoms with Crippen molar-refractivity contribution in [2.75, 3.05) is 26.1 Å². The molecule has 4 atom stereocenters. The van der Waals surface area contributed by atoms with Gasteiger partial charge in [0.1, 0.15) is 5.54 Å². The topological polar surface area (TPSA) is 134 Å². The summed E-state index contributed by atoms with van der Waals surface area (Å²) in [5, 5.41) is 15.7. The number of carbonyl (C=O) groups is 4. The highest BCUT2D eigenvalue weighted by Gasteiger charge is 2.70. The molecule has 0 unspecified atom stereocenters. The third-order valence-electron chi connectivity index (χ3n) is 7.75. The number of hydrogen-bond donors (Lipinski definition) is 3. The lowest BCUT2D eigenvalue weighted by Gasteiger charge is -2.29. The van der Waals surface area contributed by atoms with E-state index in [1.165, 1.54) is 19.1 Å². The zero-order valence-electron chi connectivity index (χ0n) is 21.2. The number of methoxy groups -OCH3 is 2. The number of benzene rings is 2. The molecule has 2 saturated heterocycles. The van der Waals surface area contributed by atoms with Crippen molar-refractivity contribution in [3.05, 3.63) is 52.0 Å². The third-order valence-corrected chi connectivity index (χ3v) is 8.05. The predicted octanol–water partition coefficient (Wildman–Crippen LogP) is 2.49. The second kappa shape index (κ2) is 9.59. The van der Waals surface area contributed by atoms with Crippen molar-refractivity contribution in [1.29, 1.82) is 0 Å². The lowest BCUT2D eigenvalue weighted by Crippen LogP contribution is -2.53. The molecule has 0 aromatic heterocycles. The number of halogens is 1. The van der Waals surface area contributed by atoms with Crippen LogP contribution >= 0.6 is 11.6 Å². The van der Waals surface area contributed by atoms with Crippen LogP contribution in [0.3, 0.4) is 0 Å². The summed E-state index contributed by atoms with van der Waals surface area (Å²) in [5.74, 6) is -3.21. The predicted molar refractivity (Wildman–Crippen MR) is 137 cm³/mol. The maximum atomic E-state index is 13.9. The number of aliphatic carboxylic acids is 1. The molecule has 0 aliphatic carbocycles. The summed E-state index contributed by atoms with van der Waals surface area (Å²) in [6, 6.07) is 8.18. The van der Waals surface area contributed by atoms with Crippen LogP contribution in [0.5, 0.6) is 11.5 Å². The lowest BCUT2D eigenvalue weighted by molar-refractivity contribution is -0.143. The number of ether oxygens (including phenoxy) is 2. The molecule has 5 rings (SSSR count). The van der Waals surface area contributed by atoms with Gasteiger partial charge in [0.25, 0.3) is 0 Å². The van der Waals surface area contributed by atoms with Gasteiger partial charge in [-0.05, 0) is 49.1 Å². The van der Waals surface area contributed by atoms with Crippen molar-refractivity contribution < 1.29 is 33.8 Å². The van der Waals surface area contributed by atoms with Gasteiger partial charge >= 0.3 is 5.97 Å². The van der Waals surface area contributed by atoms with Crippen LogP contribution in [0.15, 0.2) is 30.3 Å². The summed E-state index contributed by atoms with van der Waals surface area (Å²) in [6.45, 7) is 1.93. The number of nitrogens with one attached hydrogen (secondary N) is 2. The Hall–Kier alpha value is -3.63. The number of fused-ring (bicyclic) bond motifs is 4. The standard InChI is InChI=1S/C27H28ClN3O7/c1-13-10-15-23(16(28)11-13)29-26(36)27(15)22-21(17(30-27)5-7-20(32)33)24(34)31(25(22)35)9-8-14-4-6-18(37-2)19(12-14)38-3/h4,6,10-12,17,21-22,30H,5,7-9H2,1-3H3,(H,29,36)(H,32,33)/t17-,21+,22+,27-/m0/s1. The van der Waals surface area contributed by atoms with Crippen LogP contribution in [0.25, 0.3) is 0 Å². The van der Waals surface area contributed by atoms with Gasteiger partial charge in [-0.25, -0.2) is 0 Å². The van der Waals surface area contributed by atoms with Crippen molar-refractivity contribution in [3.8, 4) is 11.5 Å². The van der Waals surface area contributed by atoms with E-state index in [-0.39, 0.29) is 19.4 Å².